The van der Waals surface area contributed by atoms with E-state index in [2.05, 4.69) is 15.0 Å². The van der Waals surface area contributed by atoms with Crippen molar-refractivity contribution in [2.45, 2.75) is 24.5 Å². The zero-order chi connectivity index (χ0) is 14.4. The van der Waals surface area contributed by atoms with Gasteiger partial charge in [0.1, 0.15) is 24.6 Å². The highest BCUT2D eigenvalue weighted by atomic mass is 35.5. The quantitative estimate of drug-likeness (QED) is 0.523. The van der Waals surface area contributed by atoms with Gasteiger partial charge < -0.3 is 20.7 Å². The molecule has 20 heavy (non-hydrogen) atoms. The molecule has 2 aromatic heterocycles. The normalized spacial score (nSPS) is 30.2. The van der Waals surface area contributed by atoms with Gasteiger partial charge in [0.15, 0.2) is 23.2 Å². The summed E-state index contributed by atoms with van der Waals surface area (Å²) < 4.78 is 6.87. The van der Waals surface area contributed by atoms with Crippen LogP contribution in [0.1, 0.15) is 6.23 Å². The third-order valence-electron chi connectivity index (χ3n) is 3.21. The summed E-state index contributed by atoms with van der Waals surface area (Å²) in [6, 6.07) is 0. The third kappa shape index (κ3) is 1.92. The zero-order valence-corrected chi connectivity index (χ0v) is 11.5. The molecule has 1 aliphatic rings. The predicted octanol–water partition coefficient (Wildman–Crippen LogP) is -0.0801. The Balaban J connectivity index is 2.11. The minimum Gasteiger partial charge on any atom is -0.387 e. The second-order valence-electron chi connectivity index (χ2n) is 4.38. The molecule has 10 heteroatoms. The maximum absolute atomic E-state index is 10.1. The number of hydrogen-bond acceptors (Lipinski definition) is 7. The van der Waals surface area contributed by atoms with Crippen molar-refractivity contribution in [3.05, 3.63) is 11.6 Å². The number of aliphatic hydroxyl groups excluding tert-OH is 2. The summed E-state index contributed by atoms with van der Waals surface area (Å²) in [5, 5.41) is 19.9. The van der Waals surface area contributed by atoms with Crippen molar-refractivity contribution in [3.63, 3.8) is 0 Å². The average Bonchev–Trinajstić information content (AvgIpc) is 2.90. The number of anilines is 1. The van der Waals surface area contributed by atoms with Gasteiger partial charge in [-0.25, -0.2) is 15.0 Å². The zero-order valence-electron chi connectivity index (χ0n) is 10.0. The summed E-state index contributed by atoms with van der Waals surface area (Å²) in [5.41, 5.74) is 6.31. The first-order chi connectivity index (χ1) is 9.54. The van der Waals surface area contributed by atoms with E-state index in [0.717, 1.165) is 0 Å². The molecule has 4 atom stereocenters. The van der Waals surface area contributed by atoms with E-state index in [1.165, 1.54) is 10.9 Å². The van der Waals surface area contributed by atoms with E-state index in [4.69, 9.17) is 33.7 Å². The van der Waals surface area contributed by atoms with Gasteiger partial charge in [-0.3, -0.25) is 4.57 Å². The first-order valence-electron chi connectivity index (χ1n) is 5.76. The van der Waals surface area contributed by atoms with Gasteiger partial charge in [-0.1, -0.05) is 0 Å². The number of aliphatic hydroxyl groups is 2. The number of fused-ring (bicyclic) bond motifs is 1. The Morgan fingerprint density at radius 1 is 1.35 bits per heavy atom. The minimum absolute atomic E-state index is 0.0265. The summed E-state index contributed by atoms with van der Waals surface area (Å²) in [6.45, 7) is 0. The molecule has 0 unspecified atom stereocenters. The van der Waals surface area contributed by atoms with Crippen molar-refractivity contribution in [3.8, 4) is 0 Å². The number of halogens is 2. The van der Waals surface area contributed by atoms with Gasteiger partial charge in [0.25, 0.3) is 0 Å². The number of alkyl halides is 1. The number of nitrogens with two attached hydrogens (primary N) is 1. The molecule has 1 aliphatic heterocycles. The Hall–Kier alpha value is -1.19. The Bertz CT molecular complexity index is 651. The molecule has 3 heterocycles. The number of nitrogens with zero attached hydrogens (tertiary/aromatic N) is 4. The molecule has 2 aromatic rings. The number of ether oxygens (including phenoxy) is 1. The summed E-state index contributed by atoms with van der Waals surface area (Å²) in [7, 11) is 0. The Morgan fingerprint density at radius 2 is 2.10 bits per heavy atom. The van der Waals surface area contributed by atoms with Crippen LogP contribution in [0.5, 0.6) is 0 Å². The molecule has 3 rings (SSSR count). The molecular formula is C10H11Cl2N5O3. The lowest BCUT2D eigenvalue weighted by atomic mass is 10.1. The Kier molecular flexibility index (Phi) is 3.43. The van der Waals surface area contributed by atoms with Crippen LogP contribution in [0.3, 0.4) is 0 Å². The maximum Gasteiger partial charge on any atom is 0.207 e. The van der Waals surface area contributed by atoms with Crippen molar-refractivity contribution in [2.24, 2.45) is 0 Å². The molecule has 0 saturated carbocycles. The van der Waals surface area contributed by atoms with Gasteiger partial charge >= 0.3 is 0 Å². The van der Waals surface area contributed by atoms with Crippen LogP contribution in [0.15, 0.2) is 6.33 Å². The SMILES string of the molecule is Nc1ncnc2c1nc(Cl)n2[C@@H]1O[C@H](CCl)[C@@H](O)[C@H]1O. The van der Waals surface area contributed by atoms with Gasteiger partial charge in [-0.2, -0.15) is 0 Å². The monoisotopic (exact) mass is 319 g/mol. The Labute approximate surface area is 123 Å². The summed E-state index contributed by atoms with van der Waals surface area (Å²) in [6.07, 6.45) is -2.72. The minimum atomic E-state index is -1.20. The first-order valence-corrected chi connectivity index (χ1v) is 6.67. The van der Waals surface area contributed by atoms with Crippen molar-refractivity contribution >= 4 is 40.2 Å². The van der Waals surface area contributed by atoms with Gasteiger partial charge in [-0.05, 0) is 11.6 Å². The fourth-order valence-corrected chi connectivity index (χ4v) is 2.71. The molecule has 0 radical (unpaired) electrons. The van der Waals surface area contributed by atoms with Crippen LogP contribution < -0.4 is 5.73 Å². The van der Waals surface area contributed by atoms with Gasteiger partial charge in [0.2, 0.25) is 5.28 Å². The number of rotatable bonds is 2. The molecule has 0 spiro atoms. The molecule has 8 nitrogen and oxygen atoms in total. The molecule has 0 bridgehead atoms. The fraction of sp³-hybridized carbons (Fsp3) is 0.500. The molecule has 0 aromatic carbocycles. The van der Waals surface area contributed by atoms with E-state index in [0.29, 0.717) is 11.2 Å². The van der Waals surface area contributed by atoms with E-state index in [-0.39, 0.29) is 17.0 Å². The highest BCUT2D eigenvalue weighted by Crippen LogP contribution is 2.35. The van der Waals surface area contributed by atoms with E-state index in [9.17, 15) is 10.2 Å². The van der Waals surface area contributed by atoms with Crippen LogP contribution in [0, 0.1) is 0 Å². The van der Waals surface area contributed by atoms with Crippen LogP contribution in [-0.4, -0.2) is 53.9 Å². The first kappa shape index (κ1) is 13.8. The van der Waals surface area contributed by atoms with Crippen molar-refractivity contribution in [1.29, 1.82) is 0 Å². The molecule has 0 amide bonds. The van der Waals surface area contributed by atoms with Crippen molar-refractivity contribution in [2.75, 3.05) is 11.6 Å². The van der Waals surface area contributed by atoms with E-state index < -0.39 is 24.5 Å². The molecule has 1 saturated heterocycles. The number of imidazole rings is 1. The second-order valence-corrected chi connectivity index (χ2v) is 5.03. The van der Waals surface area contributed by atoms with Crippen LogP contribution in [0.2, 0.25) is 5.28 Å². The fourth-order valence-electron chi connectivity index (χ4n) is 2.20. The lowest BCUT2D eigenvalue weighted by Crippen LogP contribution is -2.32. The highest BCUT2D eigenvalue weighted by Gasteiger charge is 2.44. The van der Waals surface area contributed by atoms with Crippen molar-refractivity contribution < 1.29 is 14.9 Å². The van der Waals surface area contributed by atoms with Gasteiger partial charge in [-0.15, -0.1) is 11.6 Å². The predicted molar refractivity (Wildman–Crippen MR) is 71.4 cm³/mol. The average molecular weight is 320 g/mol. The third-order valence-corrected chi connectivity index (χ3v) is 3.78. The topological polar surface area (TPSA) is 119 Å². The van der Waals surface area contributed by atoms with Gasteiger partial charge in [0, 0.05) is 0 Å². The van der Waals surface area contributed by atoms with Gasteiger partial charge in [0.05, 0.1) is 5.88 Å². The summed E-state index contributed by atoms with van der Waals surface area (Å²) >= 11 is 11.7. The largest absolute Gasteiger partial charge is 0.387 e. The Morgan fingerprint density at radius 3 is 2.75 bits per heavy atom. The van der Waals surface area contributed by atoms with E-state index in [1.807, 2.05) is 0 Å². The number of aromatic nitrogens is 4. The maximum atomic E-state index is 10.1. The van der Waals surface area contributed by atoms with Crippen LogP contribution in [0.4, 0.5) is 5.82 Å². The molecule has 4 N–H and O–H groups in total. The van der Waals surface area contributed by atoms with Crippen LogP contribution in [0.25, 0.3) is 11.2 Å². The van der Waals surface area contributed by atoms with E-state index in [1.54, 1.807) is 0 Å². The van der Waals surface area contributed by atoms with Crippen LogP contribution in [-0.2, 0) is 4.74 Å². The molecule has 108 valence electrons. The smallest absolute Gasteiger partial charge is 0.207 e. The number of hydrogen-bond donors (Lipinski definition) is 3. The standard InChI is InChI=1S/C10H11Cl2N5O3/c11-1-3-5(18)6(19)9(20-3)17-8-4(16-10(17)12)7(13)14-2-15-8/h2-3,5-6,9,18-19H,1H2,(H2,13,14,15)/t3-,5-,6-,9-/m1/s1. The van der Waals surface area contributed by atoms with Crippen LogP contribution >= 0.6 is 23.2 Å². The van der Waals surface area contributed by atoms with Crippen molar-refractivity contribution in [1.82, 2.24) is 19.5 Å². The number of nitrogen functional groups attached to an aromatic ring is 1. The lowest BCUT2D eigenvalue weighted by Gasteiger charge is -2.17. The molecule has 0 aliphatic carbocycles. The summed E-state index contributed by atoms with van der Waals surface area (Å²) in [5.74, 6) is 0.202. The second kappa shape index (κ2) is 4.97. The summed E-state index contributed by atoms with van der Waals surface area (Å²) in [4.78, 5) is 11.9. The van der Waals surface area contributed by atoms with E-state index >= 15 is 0 Å². The molecule has 1 fully saturated rings. The lowest BCUT2D eigenvalue weighted by molar-refractivity contribution is -0.0289. The highest BCUT2D eigenvalue weighted by molar-refractivity contribution is 6.29. The molecular weight excluding hydrogens is 309 g/mol.